The molecule has 4 nitrogen and oxygen atoms in total. The number of anilines is 1. The molecule has 0 aliphatic rings. The van der Waals surface area contributed by atoms with Gasteiger partial charge in [-0.3, -0.25) is 10.3 Å². The number of hydrogen-bond donors (Lipinski definition) is 1. The Morgan fingerprint density at radius 1 is 1.00 bits per heavy atom. The molecule has 5 heteroatoms. The Balaban J connectivity index is 2.05. The van der Waals surface area contributed by atoms with Crippen LogP contribution in [0.15, 0.2) is 48.5 Å². The van der Waals surface area contributed by atoms with Gasteiger partial charge < -0.3 is 9.47 Å². The summed E-state index contributed by atoms with van der Waals surface area (Å²) < 4.78 is 10.6. The minimum Gasteiger partial charge on any atom is -0.497 e. The standard InChI is InChI=1S/C15H15ClN2O2/c1-18(12-5-3-11(16)4-6-12)15(17)20-14-9-7-13(19-2)8-10-14/h3-10,17H,1-2H3. The van der Waals surface area contributed by atoms with Crippen molar-refractivity contribution in [2.45, 2.75) is 0 Å². The van der Waals surface area contributed by atoms with Crippen LogP contribution in [-0.2, 0) is 0 Å². The van der Waals surface area contributed by atoms with E-state index >= 15 is 0 Å². The molecule has 2 aromatic carbocycles. The zero-order chi connectivity index (χ0) is 14.5. The van der Waals surface area contributed by atoms with E-state index in [1.165, 1.54) is 0 Å². The van der Waals surface area contributed by atoms with Gasteiger partial charge in [0.15, 0.2) is 0 Å². The Kier molecular flexibility index (Phi) is 4.48. The molecule has 2 aromatic rings. The van der Waals surface area contributed by atoms with Gasteiger partial charge in [0.05, 0.1) is 7.11 Å². The largest absolute Gasteiger partial charge is 0.497 e. The van der Waals surface area contributed by atoms with Crippen LogP contribution in [0, 0.1) is 5.41 Å². The molecule has 0 amide bonds. The molecule has 20 heavy (non-hydrogen) atoms. The Hall–Kier alpha value is -2.20. The second-order valence-corrected chi connectivity index (χ2v) is 4.55. The maximum Gasteiger partial charge on any atom is 0.294 e. The van der Waals surface area contributed by atoms with Gasteiger partial charge in [-0.15, -0.1) is 0 Å². The topological polar surface area (TPSA) is 45.6 Å². The third-order valence-electron chi connectivity index (χ3n) is 2.79. The molecule has 0 unspecified atom stereocenters. The molecule has 0 aromatic heterocycles. The average molecular weight is 291 g/mol. The third kappa shape index (κ3) is 3.42. The zero-order valence-electron chi connectivity index (χ0n) is 11.3. The van der Waals surface area contributed by atoms with E-state index in [0.717, 1.165) is 11.4 Å². The number of rotatable bonds is 3. The average Bonchev–Trinajstić information content (AvgIpc) is 2.48. The zero-order valence-corrected chi connectivity index (χ0v) is 12.0. The smallest absolute Gasteiger partial charge is 0.294 e. The molecule has 0 saturated carbocycles. The molecule has 0 heterocycles. The highest BCUT2D eigenvalue weighted by atomic mass is 35.5. The fraction of sp³-hybridized carbons (Fsp3) is 0.133. The summed E-state index contributed by atoms with van der Waals surface area (Å²) in [5.74, 6) is 1.33. The van der Waals surface area contributed by atoms with Crippen LogP contribution in [0.2, 0.25) is 5.02 Å². The maximum absolute atomic E-state index is 7.96. The van der Waals surface area contributed by atoms with Crippen LogP contribution in [0.5, 0.6) is 11.5 Å². The van der Waals surface area contributed by atoms with Gasteiger partial charge in [0.25, 0.3) is 6.02 Å². The van der Waals surface area contributed by atoms with Gasteiger partial charge in [0.1, 0.15) is 11.5 Å². The van der Waals surface area contributed by atoms with Gasteiger partial charge in [0.2, 0.25) is 0 Å². The van der Waals surface area contributed by atoms with Crippen molar-refractivity contribution in [1.82, 2.24) is 0 Å². The minimum atomic E-state index is 0.0255. The highest BCUT2D eigenvalue weighted by Crippen LogP contribution is 2.20. The molecule has 0 aliphatic heterocycles. The lowest BCUT2D eigenvalue weighted by Gasteiger charge is -2.19. The number of nitrogens with one attached hydrogen (secondary N) is 1. The quantitative estimate of drug-likeness (QED) is 0.691. The Labute approximate surface area is 123 Å². The molecule has 0 atom stereocenters. The molecule has 1 N–H and O–H groups in total. The van der Waals surface area contributed by atoms with Crippen molar-refractivity contribution >= 4 is 23.3 Å². The Morgan fingerprint density at radius 2 is 1.55 bits per heavy atom. The second kappa shape index (κ2) is 6.30. The highest BCUT2D eigenvalue weighted by Gasteiger charge is 2.09. The number of amidine groups is 1. The normalized spacial score (nSPS) is 9.95. The van der Waals surface area contributed by atoms with Crippen molar-refractivity contribution in [3.8, 4) is 11.5 Å². The van der Waals surface area contributed by atoms with Crippen LogP contribution >= 0.6 is 11.6 Å². The number of methoxy groups -OCH3 is 1. The van der Waals surface area contributed by atoms with Gasteiger partial charge in [-0.25, -0.2) is 0 Å². The van der Waals surface area contributed by atoms with Crippen LogP contribution in [0.3, 0.4) is 0 Å². The molecule has 0 spiro atoms. The first kappa shape index (κ1) is 14.2. The molecule has 0 saturated heterocycles. The molecule has 0 bridgehead atoms. The summed E-state index contributed by atoms with van der Waals surface area (Å²) in [6, 6.07) is 14.3. The number of nitrogens with zero attached hydrogens (tertiary/aromatic N) is 1. The van der Waals surface area contributed by atoms with Gasteiger partial charge in [-0.05, 0) is 48.5 Å². The first-order valence-corrected chi connectivity index (χ1v) is 6.37. The first-order valence-electron chi connectivity index (χ1n) is 6.00. The Morgan fingerprint density at radius 3 is 2.10 bits per heavy atom. The SMILES string of the molecule is COc1ccc(OC(=N)N(C)c2ccc(Cl)cc2)cc1. The lowest BCUT2D eigenvalue weighted by molar-refractivity contribution is 0.413. The van der Waals surface area contributed by atoms with E-state index in [4.69, 9.17) is 26.5 Å². The van der Waals surface area contributed by atoms with Gasteiger partial charge in [-0.2, -0.15) is 0 Å². The third-order valence-corrected chi connectivity index (χ3v) is 3.04. The fourth-order valence-corrected chi connectivity index (χ4v) is 1.73. The van der Waals surface area contributed by atoms with E-state index in [0.29, 0.717) is 10.8 Å². The monoisotopic (exact) mass is 290 g/mol. The van der Waals surface area contributed by atoms with Gasteiger partial charge in [0, 0.05) is 17.8 Å². The van der Waals surface area contributed by atoms with E-state index < -0.39 is 0 Å². The molecule has 0 fully saturated rings. The lowest BCUT2D eigenvalue weighted by atomic mass is 10.3. The first-order chi connectivity index (χ1) is 9.60. The second-order valence-electron chi connectivity index (χ2n) is 4.12. The predicted octanol–water partition coefficient (Wildman–Crippen LogP) is 3.80. The molecular formula is C15H15ClN2O2. The van der Waals surface area contributed by atoms with E-state index in [9.17, 15) is 0 Å². The number of benzene rings is 2. The van der Waals surface area contributed by atoms with Gasteiger partial charge in [-0.1, -0.05) is 11.6 Å². The maximum atomic E-state index is 7.96. The van der Waals surface area contributed by atoms with E-state index in [-0.39, 0.29) is 6.02 Å². The van der Waals surface area contributed by atoms with E-state index in [1.54, 1.807) is 55.5 Å². The number of halogens is 1. The highest BCUT2D eigenvalue weighted by molar-refractivity contribution is 6.30. The lowest BCUT2D eigenvalue weighted by Crippen LogP contribution is -2.30. The summed E-state index contributed by atoms with van der Waals surface area (Å²) in [5, 5.41) is 8.62. The van der Waals surface area contributed by atoms with E-state index in [1.807, 2.05) is 12.1 Å². The van der Waals surface area contributed by atoms with E-state index in [2.05, 4.69) is 0 Å². The minimum absolute atomic E-state index is 0.0255. The van der Waals surface area contributed by atoms with Crippen molar-refractivity contribution in [2.24, 2.45) is 0 Å². The Bertz CT molecular complexity index is 582. The fourth-order valence-electron chi connectivity index (χ4n) is 1.61. The summed E-state index contributed by atoms with van der Waals surface area (Å²) in [6.45, 7) is 0. The van der Waals surface area contributed by atoms with Crippen molar-refractivity contribution in [1.29, 1.82) is 5.41 Å². The molecule has 104 valence electrons. The summed E-state index contributed by atoms with van der Waals surface area (Å²) in [7, 11) is 3.36. The number of ether oxygens (including phenoxy) is 2. The van der Waals surface area contributed by atoms with Crippen molar-refractivity contribution < 1.29 is 9.47 Å². The van der Waals surface area contributed by atoms with Crippen molar-refractivity contribution in [3.63, 3.8) is 0 Å². The van der Waals surface area contributed by atoms with Gasteiger partial charge >= 0.3 is 0 Å². The van der Waals surface area contributed by atoms with Crippen LogP contribution in [0.1, 0.15) is 0 Å². The molecule has 0 aliphatic carbocycles. The summed E-state index contributed by atoms with van der Waals surface area (Å²) in [5.41, 5.74) is 0.827. The molecular weight excluding hydrogens is 276 g/mol. The van der Waals surface area contributed by atoms with Crippen LogP contribution in [0.4, 0.5) is 5.69 Å². The van der Waals surface area contributed by atoms with Crippen LogP contribution < -0.4 is 14.4 Å². The number of hydrogen-bond acceptors (Lipinski definition) is 3. The predicted molar refractivity (Wildman–Crippen MR) is 81.2 cm³/mol. The van der Waals surface area contributed by atoms with Crippen LogP contribution in [0.25, 0.3) is 0 Å². The van der Waals surface area contributed by atoms with Crippen molar-refractivity contribution in [3.05, 3.63) is 53.6 Å². The summed E-state index contributed by atoms with van der Waals surface area (Å²) in [4.78, 5) is 1.63. The molecule has 0 radical (unpaired) electrons. The summed E-state index contributed by atoms with van der Waals surface area (Å²) >= 11 is 5.84. The molecule has 2 rings (SSSR count). The van der Waals surface area contributed by atoms with Crippen LogP contribution in [-0.4, -0.2) is 20.2 Å². The summed E-state index contributed by atoms with van der Waals surface area (Å²) in [6.07, 6.45) is 0. The van der Waals surface area contributed by atoms with Crippen molar-refractivity contribution in [2.75, 3.05) is 19.1 Å².